The minimum absolute atomic E-state index is 0.115. The molecular formula is C76H53N3. The Morgan fingerprint density at radius 1 is 0.392 bits per heavy atom. The summed E-state index contributed by atoms with van der Waals surface area (Å²) in [7, 11) is 0. The third-order valence-electron chi connectivity index (χ3n) is 19.5. The summed E-state index contributed by atoms with van der Waals surface area (Å²) in [6.45, 7) is 4.76. The van der Waals surface area contributed by atoms with Crippen LogP contribution in [0.25, 0.3) is 105 Å². The largest absolute Gasteiger partial charge is 0.309 e. The Kier molecular flexibility index (Phi) is 8.63. The highest BCUT2D eigenvalue weighted by Crippen LogP contribution is 2.68. The average Bonchev–Trinajstić information content (AvgIpc) is 3.04. The molecule has 372 valence electrons. The molecule has 3 aromatic heterocycles. The van der Waals surface area contributed by atoms with Gasteiger partial charge in [0.25, 0.3) is 0 Å². The summed E-state index contributed by atoms with van der Waals surface area (Å²) in [5.41, 5.74) is 25.7. The number of hydrogen-bond donors (Lipinski definition) is 0. The lowest BCUT2D eigenvalue weighted by atomic mass is 9.64. The molecule has 0 N–H and O–H groups in total. The third-order valence-corrected chi connectivity index (χ3v) is 19.5. The SMILES string of the molecule is CC1(C)c2ccccc2-n2c3ccc(-c4ccc5c(c4)c4cc6c(cc4n5-c4ccc5c(c4)c4ccccc4n5-c4cccc(-c5ccccc5)c4)C4(C5=CC=CCC56)c5ccccc5C5C=CC=CC54)cc3c3cccc1c32. The first-order chi connectivity index (χ1) is 38.9. The van der Waals surface area contributed by atoms with Crippen LogP contribution in [0, 0.1) is 5.92 Å². The summed E-state index contributed by atoms with van der Waals surface area (Å²) in [4.78, 5) is 0. The molecule has 0 amide bonds. The number of hydrogen-bond acceptors (Lipinski definition) is 0. The Hall–Kier alpha value is -9.44. The first-order valence-electron chi connectivity index (χ1n) is 28.3. The fourth-order valence-corrected chi connectivity index (χ4v) is 16.2. The van der Waals surface area contributed by atoms with E-state index in [1.807, 2.05) is 0 Å². The third kappa shape index (κ3) is 5.62. The van der Waals surface area contributed by atoms with Crippen LogP contribution >= 0.6 is 0 Å². The van der Waals surface area contributed by atoms with Crippen molar-refractivity contribution in [2.45, 2.75) is 42.9 Å². The molecule has 0 fully saturated rings. The van der Waals surface area contributed by atoms with Gasteiger partial charge in [0.05, 0.1) is 38.8 Å². The van der Waals surface area contributed by atoms with Gasteiger partial charge in [-0.2, -0.15) is 0 Å². The summed E-state index contributed by atoms with van der Waals surface area (Å²) >= 11 is 0. The van der Waals surface area contributed by atoms with Crippen molar-refractivity contribution < 1.29 is 0 Å². The zero-order valence-electron chi connectivity index (χ0n) is 44.0. The fourth-order valence-electron chi connectivity index (χ4n) is 16.2. The van der Waals surface area contributed by atoms with Crippen molar-refractivity contribution in [3.8, 4) is 39.3 Å². The molecule has 0 radical (unpaired) electrons. The quantitative estimate of drug-likeness (QED) is 0.167. The van der Waals surface area contributed by atoms with Crippen LogP contribution in [0.3, 0.4) is 0 Å². The topological polar surface area (TPSA) is 14.8 Å². The van der Waals surface area contributed by atoms with Gasteiger partial charge < -0.3 is 13.7 Å². The molecule has 4 heterocycles. The number of benzene rings is 10. The molecule has 79 heavy (non-hydrogen) atoms. The number of para-hydroxylation sites is 3. The lowest BCUT2D eigenvalue weighted by Crippen LogP contribution is -2.34. The first kappa shape index (κ1) is 43.6. The van der Waals surface area contributed by atoms with Crippen LogP contribution in [0.15, 0.2) is 260 Å². The molecule has 0 saturated carbocycles. The van der Waals surface area contributed by atoms with Crippen molar-refractivity contribution in [1.82, 2.24) is 13.7 Å². The monoisotopic (exact) mass is 1010 g/mol. The van der Waals surface area contributed by atoms with E-state index in [-0.39, 0.29) is 16.7 Å². The van der Waals surface area contributed by atoms with Gasteiger partial charge in [0, 0.05) is 72.3 Å². The fraction of sp³-hybridized carbons (Fsp3) is 0.105. The van der Waals surface area contributed by atoms with Crippen LogP contribution in [0.5, 0.6) is 0 Å². The van der Waals surface area contributed by atoms with Gasteiger partial charge in [0.2, 0.25) is 0 Å². The summed E-state index contributed by atoms with van der Waals surface area (Å²) in [5, 5.41) is 7.66. The van der Waals surface area contributed by atoms with Crippen LogP contribution in [0.4, 0.5) is 0 Å². The average molecular weight is 1010 g/mol. The Morgan fingerprint density at radius 2 is 1.01 bits per heavy atom. The van der Waals surface area contributed by atoms with Gasteiger partial charge in [0.15, 0.2) is 0 Å². The molecule has 1 spiro atoms. The highest BCUT2D eigenvalue weighted by atomic mass is 15.0. The van der Waals surface area contributed by atoms with E-state index in [0.29, 0.717) is 11.8 Å². The molecule has 4 atom stereocenters. The second-order valence-electron chi connectivity index (χ2n) is 23.5. The predicted molar refractivity (Wildman–Crippen MR) is 329 cm³/mol. The molecule has 13 aromatic rings. The zero-order chi connectivity index (χ0) is 51.9. The zero-order valence-corrected chi connectivity index (χ0v) is 44.0. The minimum atomic E-state index is -0.286. The molecule has 3 heteroatoms. The summed E-state index contributed by atoms with van der Waals surface area (Å²) in [5.74, 6) is 0.888. The Bertz CT molecular complexity index is 4980. The second kappa shape index (κ2) is 15.6. The normalized spacial score (nSPS) is 19.9. The molecule has 5 aliphatic rings. The lowest BCUT2D eigenvalue weighted by molar-refractivity contribution is 0.449. The molecule has 0 saturated heterocycles. The smallest absolute Gasteiger partial charge is 0.0582 e. The van der Waals surface area contributed by atoms with Crippen LogP contribution in [-0.4, -0.2) is 13.7 Å². The van der Waals surface area contributed by atoms with Gasteiger partial charge in [-0.15, -0.1) is 0 Å². The van der Waals surface area contributed by atoms with Crippen LogP contribution < -0.4 is 0 Å². The molecule has 4 aliphatic carbocycles. The Balaban J connectivity index is 0.889. The number of allylic oxidation sites excluding steroid dienone is 8. The van der Waals surface area contributed by atoms with Crippen molar-refractivity contribution in [2.24, 2.45) is 5.92 Å². The Morgan fingerprint density at radius 3 is 1.89 bits per heavy atom. The maximum Gasteiger partial charge on any atom is 0.0582 e. The highest BCUT2D eigenvalue weighted by molar-refractivity contribution is 6.15. The van der Waals surface area contributed by atoms with E-state index in [9.17, 15) is 0 Å². The van der Waals surface area contributed by atoms with Crippen molar-refractivity contribution in [3.05, 3.63) is 294 Å². The van der Waals surface area contributed by atoms with Crippen molar-refractivity contribution in [3.63, 3.8) is 0 Å². The van der Waals surface area contributed by atoms with Gasteiger partial charge >= 0.3 is 0 Å². The van der Waals surface area contributed by atoms with E-state index in [2.05, 4.69) is 282 Å². The van der Waals surface area contributed by atoms with Gasteiger partial charge in [-0.05, 0) is 146 Å². The van der Waals surface area contributed by atoms with Gasteiger partial charge in [-0.25, -0.2) is 0 Å². The van der Waals surface area contributed by atoms with E-state index in [1.54, 1.807) is 5.57 Å². The van der Waals surface area contributed by atoms with E-state index in [1.165, 1.54) is 127 Å². The standard InChI is InChI=1S/C76H53N3/c1-75(2)65-30-13-15-33-72(65)79-71-38-35-48(41-58(71)56-26-17-31-66(75)74(56)79)49-34-37-69-59(42-49)61-44-57-54-24-8-12-29-64(54)76(62-27-10-6-22-52(62)53-23-7-11-28-63(53)76)67(57)45-73(61)78(69)51-36-39-70-60(43-51)55-25-9-14-32-68(55)77(70)50-21-16-20-47(40-50)46-18-4-3-5-19-46/h3-23,25-45,52,54,62H,24H2,1-2H3. The first-order valence-corrected chi connectivity index (χ1v) is 28.3. The maximum atomic E-state index is 2.65. The molecule has 10 aromatic carbocycles. The number of aromatic nitrogens is 3. The van der Waals surface area contributed by atoms with E-state index in [0.717, 1.165) is 17.8 Å². The minimum Gasteiger partial charge on any atom is -0.309 e. The number of nitrogens with zero attached hydrogens (tertiary/aromatic N) is 3. The molecule has 3 nitrogen and oxygen atoms in total. The molecule has 1 aliphatic heterocycles. The van der Waals surface area contributed by atoms with E-state index >= 15 is 0 Å². The molecule has 0 bridgehead atoms. The molecule has 4 unspecified atom stereocenters. The predicted octanol–water partition coefficient (Wildman–Crippen LogP) is 19.1. The van der Waals surface area contributed by atoms with E-state index in [4.69, 9.17) is 0 Å². The van der Waals surface area contributed by atoms with Crippen molar-refractivity contribution in [1.29, 1.82) is 0 Å². The molecular weight excluding hydrogens is 955 g/mol. The lowest BCUT2D eigenvalue weighted by Gasteiger charge is -2.38. The van der Waals surface area contributed by atoms with Crippen molar-refractivity contribution >= 4 is 65.4 Å². The molecule has 18 rings (SSSR count). The number of fused-ring (bicyclic) bond motifs is 21. The summed E-state index contributed by atoms with van der Waals surface area (Å²) in [6, 6.07) is 81.0. The van der Waals surface area contributed by atoms with Crippen LogP contribution in [-0.2, 0) is 10.8 Å². The van der Waals surface area contributed by atoms with Gasteiger partial charge in [-0.1, -0.05) is 190 Å². The summed E-state index contributed by atoms with van der Waals surface area (Å²) < 4.78 is 7.58. The Labute approximate surface area is 458 Å². The van der Waals surface area contributed by atoms with Crippen molar-refractivity contribution in [2.75, 3.05) is 0 Å². The van der Waals surface area contributed by atoms with E-state index < -0.39 is 0 Å². The maximum absolute atomic E-state index is 2.65. The van der Waals surface area contributed by atoms with Crippen LogP contribution in [0.1, 0.15) is 65.5 Å². The van der Waals surface area contributed by atoms with Crippen LogP contribution in [0.2, 0.25) is 0 Å². The second-order valence-corrected chi connectivity index (χ2v) is 23.5. The van der Waals surface area contributed by atoms with Gasteiger partial charge in [-0.3, -0.25) is 0 Å². The summed E-state index contributed by atoms with van der Waals surface area (Å²) in [6.07, 6.45) is 17.8. The highest BCUT2D eigenvalue weighted by Gasteiger charge is 2.59. The number of rotatable bonds is 4. The van der Waals surface area contributed by atoms with Gasteiger partial charge in [0.1, 0.15) is 0 Å².